The lowest BCUT2D eigenvalue weighted by Gasteiger charge is -2.38. The largest absolute Gasteiger partial charge is 0.497 e. The summed E-state index contributed by atoms with van der Waals surface area (Å²) in [5, 5.41) is 4.75. The number of aromatic nitrogens is 2. The number of hydrogen-bond acceptors (Lipinski definition) is 4. The molecular formula is C23H26FN3O2. The molecule has 0 N–H and O–H groups in total. The Kier molecular flexibility index (Phi) is 5.39. The summed E-state index contributed by atoms with van der Waals surface area (Å²) in [5.74, 6) is 0.149. The second-order valence-electron chi connectivity index (χ2n) is 7.95. The minimum Gasteiger partial charge on any atom is -0.497 e. The van der Waals surface area contributed by atoms with Crippen molar-refractivity contribution in [2.45, 2.75) is 26.0 Å². The fourth-order valence-corrected chi connectivity index (χ4v) is 3.77. The lowest BCUT2D eigenvalue weighted by molar-refractivity contribution is -0.0882. The van der Waals surface area contributed by atoms with Crippen LogP contribution >= 0.6 is 0 Å². The molecule has 1 aliphatic heterocycles. The fourth-order valence-electron chi connectivity index (χ4n) is 3.77. The Balaban J connectivity index is 1.73. The van der Waals surface area contributed by atoms with E-state index in [1.165, 1.54) is 13.2 Å². The first-order chi connectivity index (χ1) is 13.9. The van der Waals surface area contributed by atoms with Crippen LogP contribution in [-0.2, 0) is 11.3 Å². The van der Waals surface area contributed by atoms with E-state index < -0.39 is 0 Å². The summed E-state index contributed by atoms with van der Waals surface area (Å²) in [6.45, 7) is 7.21. The van der Waals surface area contributed by atoms with Gasteiger partial charge in [0.2, 0.25) is 0 Å². The molecule has 0 aliphatic carbocycles. The number of ether oxygens (including phenoxy) is 2. The van der Waals surface area contributed by atoms with E-state index in [4.69, 9.17) is 14.6 Å². The van der Waals surface area contributed by atoms with Gasteiger partial charge in [0.1, 0.15) is 17.3 Å². The molecule has 1 saturated heterocycles. The predicted molar refractivity (Wildman–Crippen MR) is 111 cm³/mol. The quantitative estimate of drug-likeness (QED) is 0.646. The lowest BCUT2D eigenvalue weighted by Crippen LogP contribution is -2.47. The van der Waals surface area contributed by atoms with E-state index in [0.29, 0.717) is 30.2 Å². The molecule has 4 rings (SSSR count). The van der Waals surface area contributed by atoms with Gasteiger partial charge in [0, 0.05) is 43.0 Å². The summed E-state index contributed by atoms with van der Waals surface area (Å²) in [6, 6.07) is 14.8. The summed E-state index contributed by atoms with van der Waals surface area (Å²) in [5.41, 5.74) is 2.85. The molecule has 0 radical (unpaired) electrons. The zero-order valence-electron chi connectivity index (χ0n) is 17.1. The number of morpholine rings is 1. The third kappa shape index (κ3) is 4.33. The van der Waals surface area contributed by atoms with E-state index in [1.54, 1.807) is 12.1 Å². The van der Waals surface area contributed by atoms with Gasteiger partial charge in [-0.3, -0.25) is 4.90 Å². The van der Waals surface area contributed by atoms with Gasteiger partial charge in [-0.05, 0) is 38.1 Å². The van der Waals surface area contributed by atoms with E-state index >= 15 is 0 Å². The third-order valence-corrected chi connectivity index (χ3v) is 5.14. The van der Waals surface area contributed by atoms with Crippen LogP contribution < -0.4 is 4.74 Å². The zero-order valence-corrected chi connectivity index (χ0v) is 17.1. The SMILES string of the molecule is COc1ccc(-c2nn(-c3ccccc3)cc2CN2CCOC(C)(C)C2)c(F)c1. The second kappa shape index (κ2) is 7.97. The number of rotatable bonds is 5. The van der Waals surface area contributed by atoms with Crippen molar-refractivity contribution in [3.8, 4) is 22.7 Å². The molecule has 0 bridgehead atoms. The van der Waals surface area contributed by atoms with Crippen molar-refractivity contribution < 1.29 is 13.9 Å². The highest BCUT2D eigenvalue weighted by atomic mass is 19.1. The summed E-state index contributed by atoms with van der Waals surface area (Å²) in [6.07, 6.45) is 2.00. The first-order valence-electron chi connectivity index (χ1n) is 9.79. The first-order valence-corrected chi connectivity index (χ1v) is 9.79. The Morgan fingerprint density at radius 2 is 1.97 bits per heavy atom. The summed E-state index contributed by atoms with van der Waals surface area (Å²) < 4.78 is 27.7. The number of methoxy groups -OCH3 is 1. The first kappa shape index (κ1) is 19.6. The minimum absolute atomic E-state index is 0.195. The Hall–Kier alpha value is -2.70. The zero-order chi connectivity index (χ0) is 20.4. The molecule has 0 spiro atoms. The van der Waals surface area contributed by atoms with Gasteiger partial charge in [0.15, 0.2) is 0 Å². The summed E-state index contributed by atoms with van der Waals surface area (Å²) >= 11 is 0. The van der Waals surface area contributed by atoms with Crippen molar-refractivity contribution in [1.82, 2.24) is 14.7 Å². The van der Waals surface area contributed by atoms with E-state index in [-0.39, 0.29) is 11.4 Å². The lowest BCUT2D eigenvalue weighted by atomic mass is 10.0. The van der Waals surface area contributed by atoms with Gasteiger partial charge in [-0.25, -0.2) is 9.07 Å². The third-order valence-electron chi connectivity index (χ3n) is 5.14. The van der Waals surface area contributed by atoms with Crippen LogP contribution in [0, 0.1) is 5.82 Å². The monoisotopic (exact) mass is 395 g/mol. The number of nitrogens with zero attached hydrogens (tertiary/aromatic N) is 3. The van der Waals surface area contributed by atoms with Crippen LogP contribution in [-0.4, -0.2) is 47.1 Å². The van der Waals surface area contributed by atoms with Crippen molar-refractivity contribution in [1.29, 1.82) is 0 Å². The van der Waals surface area contributed by atoms with Gasteiger partial charge in [0.25, 0.3) is 0 Å². The molecule has 2 heterocycles. The topological polar surface area (TPSA) is 39.5 Å². The fraction of sp³-hybridized carbons (Fsp3) is 0.348. The molecule has 3 aromatic rings. The van der Waals surface area contributed by atoms with Gasteiger partial charge in [-0.2, -0.15) is 5.10 Å². The second-order valence-corrected chi connectivity index (χ2v) is 7.95. The smallest absolute Gasteiger partial charge is 0.136 e. The number of para-hydroxylation sites is 1. The molecule has 2 aromatic carbocycles. The Bertz CT molecular complexity index is 985. The normalized spacial score (nSPS) is 16.7. The molecule has 0 unspecified atom stereocenters. The molecule has 0 atom stereocenters. The predicted octanol–water partition coefficient (Wildman–Crippen LogP) is 4.30. The minimum atomic E-state index is -0.341. The van der Waals surface area contributed by atoms with Crippen LogP contribution in [0.15, 0.2) is 54.7 Å². The van der Waals surface area contributed by atoms with Crippen molar-refractivity contribution in [2.75, 3.05) is 26.8 Å². The van der Waals surface area contributed by atoms with Crippen LogP contribution in [0.3, 0.4) is 0 Å². The molecule has 5 nitrogen and oxygen atoms in total. The van der Waals surface area contributed by atoms with Crippen molar-refractivity contribution in [3.63, 3.8) is 0 Å². The maximum atomic E-state index is 14.9. The van der Waals surface area contributed by atoms with Crippen molar-refractivity contribution in [2.24, 2.45) is 0 Å². The molecule has 0 saturated carbocycles. The highest BCUT2D eigenvalue weighted by molar-refractivity contribution is 5.65. The van der Waals surface area contributed by atoms with Crippen LogP contribution in [0.2, 0.25) is 0 Å². The number of benzene rings is 2. The van der Waals surface area contributed by atoms with E-state index in [9.17, 15) is 4.39 Å². The Morgan fingerprint density at radius 1 is 1.17 bits per heavy atom. The maximum absolute atomic E-state index is 14.9. The highest BCUT2D eigenvalue weighted by Gasteiger charge is 2.28. The number of hydrogen-bond donors (Lipinski definition) is 0. The molecule has 1 aromatic heterocycles. The van der Waals surface area contributed by atoms with Gasteiger partial charge >= 0.3 is 0 Å². The van der Waals surface area contributed by atoms with E-state index in [1.807, 2.05) is 41.2 Å². The highest BCUT2D eigenvalue weighted by Crippen LogP contribution is 2.30. The average molecular weight is 395 g/mol. The summed E-state index contributed by atoms with van der Waals surface area (Å²) in [7, 11) is 1.53. The van der Waals surface area contributed by atoms with Gasteiger partial charge < -0.3 is 9.47 Å². The van der Waals surface area contributed by atoms with Gasteiger partial charge in [-0.15, -0.1) is 0 Å². The molecule has 1 fully saturated rings. The standard InChI is InChI=1S/C23H26FN3O2/c1-23(2)16-26(11-12-29-23)14-17-15-27(18-7-5-4-6-8-18)25-22(17)20-10-9-19(28-3)13-21(20)24/h4-10,13,15H,11-12,14,16H2,1-3H3. The van der Waals surface area contributed by atoms with Crippen LogP contribution in [0.1, 0.15) is 19.4 Å². The molecule has 1 aliphatic rings. The molecule has 29 heavy (non-hydrogen) atoms. The number of halogens is 1. The van der Waals surface area contributed by atoms with Gasteiger partial charge in [-0.1, -0.05) is 18.2 Å². The molecule has 6 heteroatoms. The van der Waals surface area contributed by atoms with Crippen LogP contribution in [0.4, 0.5) is 4.39 Å². The molecular weight excluding hydrogens is 369 g/mol. The van der Waals surface area contributed by atoms with Gasteiger partial charge in [0.05, 0.1) is 25.0 Å². The maximum Gasteiger partial charge on any atom is 0.136 e. The van der Waals surface area contributed by atoms with Crippen molar-refractivity contribution in [3.05, 3.63) is 66.1 Å². The Morgan fingerprint density at radius 3 is 2.66 bits per heavy atom. The summed E-state index contributed by atoms with van der Waals surface area (Å²) in [4.78, 5) is 2.33. The Labute approximate surface area is 170 Å². The van der Waals surface area contributed by atoms with Crippen LogP contribution in [0.5, 0.6) is 5.75 Å². The molecule has 152 valence electrons. The van der Waals surface area contributed by atoms with Crippen molar-refractivity contribution >= 4 is 0 Å². The molecule has 0 amide bonds. The van der Waals surface area contributed by atoms with E-state index in [0.717, 1.165) is 24.3 Å². The average Bonchev–Trinajstić information content (AvgIpc) is 3.11. The van der Waals surface area contributed by atoms with Crippen LogP contribution in [0.25, 0.3) is 16.9 Å². The van der Waals surface area contributed by atoms with E-state index in [2.05, 4.69) is 18.7 Å².